The Hall–Kier alpha value is -1.72. The number of carbonyl (C=O) groups excluding carboxylic acids is 4. The van der Waals surface area contributed by atoms with Crippen LogP contribution in [0.15, 0.2) is 0 Å². The molecule has 2 atom stereocenters. The second-order valence-electron chi connectivity index (χ2n) is 7.22. The molecule has 2 N–H and O–H groups in total. The maximum atomic E-state index is 12.1. The van der Waals surface area contributed by atoms with Crippen LogP contribution in [0.25, 0.3) is 0 Å². The molecule has 134 valence electrons. The minimum absolute atomic E-state index is 0.161. The summed E-state index contributed by atoms with van der Waals surface area (Å²) in [6.07, 6.45) is 7.10. The third-order valence-corrected chi connectivity index (χ3v) is 5.37. The molecular formula is C18H28N2O4. The Morgan fingerprint density at radius 1 is 0.667 bits per heavy atom. The van der Waals surface area contributed by atoms with E-state index in [9.17, 15) is 19.2 Å². The highest BCUT2D eigenvalue weighted by molar-refractivity contribution is 6.37. The zero-order valence-electron chi connectivity index (χ0n) is 14.6. The van der Waals surface area contributed by atoms with E-state index < -0.39 is 23.9 Å². The molecule has 0 saturated heterocycles. The normalized spacial score (nSPS) is 21.2. The summed E-state index contributed by atoms with van der Waals surface area (Å²) in [6, 6.07) is -0.827. The Kier molecular flexibility index (Phi) is 6.52. The second kappa shape index (κ2) is 8.40. The first-order valence-electron chi connectivity index (χ1n) is 9.09. The lowest BCUT2D eigenvalue weighted by atomic mass is 10.0. The van der Waals surface area contributed by atoms with E-state index in [-0.39, 0.29) is 23.4 Å². The van der Waals surface area contributed by atoms with Gasteiger partial charge in [-0.2, -0.15) is 0 Å². The van der Waals surface area contributed by atoms with Gasteiger partial charge in [-0.05, 0) is 39.5 Å². The van der Waals surface area contributed by atoms with Crippen molar-refractivity contribution >= 4 is 23.4 Å². The maximum Gasteiger partial charge on any atom is 0.287 e. The van der Waals surface area contributed by atoms with Crippen molar-refractivity contribution in [1.29, 1.82) is 0 Å². The van der Waals surface area contributed by atoms with Crippen LogP contribution in [0.5, 0.6) is 0 Å². The molecular weight excluding hydrogens is 308 g/mol. The molecule has 2 aliphatic carbocycles. The monoisotopic (exact) mass is 336 g/mol. The summed E-state index contributed by atoms with van der Waals surface area (Å²) in [4.78, 5) is 48.2. The van der Waals surface area contributed by atoms with Gasteiger partial charge in [0.05, 0.1) is 0 Å². The maximum absolute atomic E-state index is 12.1. The Bertz CT molecular complexity index is 459. The average molecular weight is 336 g/mol. The van der Waals surface area contributed by atoms with Crippen molar-refractivity contribution in [3.63, 3.8) is 0 Å². The van der Waals surface area contributed by atoms with E-state index >= 15 is 0 Å². The SMILES string of the molecule is CC(NC(=O)C(=O)C1CCCC1)C(C)NC(=O)C(=O)C1CCCC1. The molecule has 24 heavy (non-hydrogen) atoms. The first-order valence-corrected chi connectivity index (χ1v) is 9.09. The molecule has 6 heteroatoms. The molecule has 0 aliphatic heterocycles. The van der Waals surface area contributed by atoms with Crippen molar-refractivity contribution < 1.29 is 19.2 Å². The van der Waals surface area contributed by atoms with Crippen molar-refractivity contribution in [3.05, 3.63) is 0 Å². The molecule has 2 rings (SSSR count). The van der Waals surface area contributed by atoms with E-state index in [1.165, 1.54) is 0 Å². The van der Waals surface area contributed by atoms with Gasteiger partial charge in [-0.25, -0.2) is 0 Å². The van der Waals surface area contributed by atoms with Gasteiger partial charge in [-0.1, -0.05) is 25.7 Å². The van der Waals surface area contributed by atoms with Gasteiger partial charge in [0.1, 0.15) is 0 Å². The van der Waals surface area contributed by atoms with Gasteiger partial charge in [0.25, 0.3) is 11.8 Å². The van der Waals surface area contributed by atoms with Gasteiger partial charge in [0, 0.05) is 23.9 Å². The predicted octanol–water partition coefficient (Wildman–Crippen LogP) is 1.51. The summed E-state index contributed by atoms with van der Waals surface area (Å²) in [7, 11) is 0. The molecule has 6 nitrogen and oxygen atoms in total. The molecule has 0 aromatic carbocycles. The number of hydrogen-bond acceptors (Lipinski definition) is 4. The topological polar surface area (TPSA) is 92.3 Å². The van der Waals surface area contributed by atoms with Crippen molar-refractivity contribution in [2.45, 2.75) is 77.3 Å². The summed E-state index contributed by atoms with van der Waals surface area (Å²) in [5, 5.41) is 5.31. The quantitative estimate of drug-likeness (QED) is 0.689. The van der Waals surface area contributed by atoms with Crippen molar-refractivity contribution in [2.24, 2.45) is 11.8 Å². The van der Waals surface area contributed by atoms with Crippen LogP contribution >= 0.6 is 0 Å². The zero-order valence-corrected chi connectivity index (χ0v) is 14.6. The van der Waals surface area contributed by atoms with E-state index in [0.29, 0.717) is 0 Å². The number of hydrogen-bond donors (Lipinski definition) is 2. The lowest BCUT2D eigenvalue weighted by Gasteiger charge is -2.23. The molecule has 2 fully saturated rings. The number of nitrogens with one attached hydrogen (secondary N) is 2. The fourth-order valence-electron chi connectivity index (χ4n) is 3.55. The summed E-state index contributed by atoms with van der Waals surface area (Å²) < 4.78 is 0. The van der Waals surface area contributed by atoms with E-state index in [1.54, 1.807) is 13.8 Å². The summed E-state index contributed by atoms with van der Waals surface area (Å²) >= 11 is 0. The van der Waals surface area contributed by atoms with Crippen LogP contribution in [0.4, 0.5) is 0 Å². The molecule has 2 amide bonds. The Labute approximate surface area is 143 Å². The third kappa shape index (κ3) is 4.65. The predicted molar refractivity (Wildman–Crippen MR) is 89.1 cm³/mol. The van der Waals surface area contributed by atoms with Crippen molar-refractivity contribution in [2.75, 3.05) is 0 Å². The second-order valence-corrected chi connectivity index (χ2v) is 7.22. The van der Waals surface area contributed by atoms with Crippen LogP contribution in [-0.2, 0) is 19.2 Å². The first-order chi connectivity index (χ1) is 11.4. The Morgan fingerprint density at radius 2 is 0.958 bits per heavy atom. The molecule has 0 radical (unpaired) electrons. The minimum Gasteiger partial charge on any atom is -0.345 e. The summed E-state index contributed by atoms with van der Waals surface area (Å²) in [5.41, 5.74) is 0. The molecule has 0 bridgehead atoms. The molecule has 2 unspecified atom stereocenters. The van der Waals surface area contributed by atoms with E-state index in [2.05, 4.69) is 10.6 Å². The number of Topliss-reactive ketones (excluding diaryl/α,β-unsaturated/α-hetero) is 2. The third-order valence-electron chi connectivity index (χ3n) is 5.37. The largest absolute Gasteiger partial charge is 0.345 e. The molecule has 2 saturated carbocycles. The van der Waals surface area contributed by atoms with Crippen LogP contribution in [0.3, 0.4) is 0 Å². The fourth-order valence-corrected chi connectivity index (χ4v) is 3.55. The van der Waals surface area contributed by atoms with Crippen LogP contribution in [-0.4, -0.2) is 35.5 Å². The van der Waals surface area contributed by atoms with Crippen LogP contribution in [0.1, 0.15) is 65.2 Å². The molecule has 0 heterocycles. The molecule has 2 aliphatic rings. The van der Waals surface area contributed by atoms with Gasteiger partial charge < -0.3 is 10.6 Å². The van der Waals surface area contributed by atoms with E-state index in [4.69, 9.17) is 0 Å². The highest BCUT2D eigenvalue weighted by Crippen LogP contribution is 2.26. The lowest BCUT2D eigenvalue weighted by Crippen LogP contribution is -2.52. The number of amides is 2. The zero-order chi connectivity index (χ0) is 17.7. The van der Waals surface area contributed by atoms with Crippen molar-refractivity contribution in [3.8, 4) is 0 Å². The fraction of sp³-hybridized carbons (Fsp3) is 0.778. The van der Waals surface area contributed by atoms with E-state index in [1.807, 2.05) is 0 Å². The minimum atomic E-state index is -0.586. The standard InChI is InChI=1S/C18H28N2O4/c1-11(19-17(23)15(21)13-7-3-4-8-13)12(2)20-18(24)16(22)14-9-5-6-10-14/h11-14H,3-10H2,1-2H3,(H,19,23)(H,20,24). The smallest absolute Gasteiger partial charge is 0.287 e. The van der Waals surface area contributed by atoms with Crippen molar-refractivity contribution in [1.82, 2.24) is 10.6 Å². The van der Waals surface area contributed by atoms with Gasteiger partial charge >= 0.3 is 0 Å². The van der Waals surface area contributed by atoms with E-state index in [0.717, 1.165) is 51.4 Å². The molecule has 0 aromatic rings. The first kappa shape index (κ1) is 18.6. The van der Waals surface area contributed by atoms with Crippen LogP contribution in [0.2, 0.25) is 0 Å². The highest BCUT2D eigenvalue weighted by atomic mass is 16.2. The summed E-state index contributed by atoms with van der Waals surface area (Å²) in [6.45, 7) is 3.45. The van der Waals surface area contributed by atoms with Crippen LogP contribution < -0.4 is 10.6 Å². The van der Waals surface area contributed by atoms with Gasteiger partial charge in [-0.15, -0.1) is 0 Å². The van der Waals surface area contributed by atoms with Gasteiger partial charge in [0.2, 0.25) is 11.6 Å². The summed E-state index contributed by atoms with van der Waals surface area (Å²) in [5.74, 6) is -2.22. The number of rotatable bonds is 7. The molecule has 0 aromatic heterocycles. The number of ketones is 2. The Balaban J connectivity index is 1.79. The van der Waals surface area contributed by atoms with Crippen LogP contribution in [0, 0.1) is 11.8 Å². The highest BCUT2D eigenvalue weighted by Gasteiger charge is 2.31. The average Bonchev–Trinajstić information content (AvgIpc) is 3.26. The Morgan fingerprint density at radius 3 is 1.25 bits per heavy atom. The van der Waals surface area contributed by atoms with Gasteiger partial charge in [0.15, 0.2) is 0 Å². The lowest BCUT2D eigenvalue weighted by molar-refractivity contribution is -0.141. The number of carbonyl (C=O) groups is 4. The molecule has 0 spiro atoms. The van der Waals surface area contributed by atoms with Gasteiger partial charge in [-0.3, -0.25) is 19.2 Å².